The minimum absolute atomic E-state index is 0.0594. The molecule has 1 unspecified atom stereocenters. The number of methoxy groups -OCH3 is 1. The van der Waals surface area contributed by atoms with Gasteiger partial charge in [0.05, 0.1) is 12.0 Å². The van der Waals surface area contributed by atoms with Crippen molar-refractivity contribution < 1.29 is 13.2 Å². The predicted octanol–water partition coefficient (Wildman–Crippen LogP) is 2.78. The highest BCUT2D eigenvalue weighted by Crippen LogP contribution is 2.25. The lowest BCUT2D eigenvalue weighted by Crippen LogP contribution is -2.33. The number of hydrogen-bond acceptors (Lipinski definition) is 3. The van der Waals surface area contributed by atoms with Gasteiger partial charge in [0.1, 0.15) is 5.75 Å². The second kappa shape index (κ2) is 6.39. The summed E-state index contributed by atoms with van der Waals surface area (Å²) >= 11 is 0. The van der Waals surface area contributed by atoms with Gasteiger partial charge in [0.15, 0.2) is 0 Å². The molecule has 0 aromatic heterocycles. The number of rotatable bonds is 6. The van der Waals surface area contributed by atoms with Crippen LogP contribution in [0.25, 0.3) is 0 Å². The Morgan fingerprint density at radius 1 is 1.26 bits per heavy atom. The lowest BCUT2D eigenvalue weighted by atomic mass is 10.1. The summed E-state index contributed by atoms with van der Waals surface area (Å²) in [6, 6.07) is 3.42. The first-order valence-electron chi connectivity index (χ1n) is 6.49. The smallest absolute Gasteiger partial charge is 0.241 e. The molecule has 0 aliphatic heterocycles. The molecule has 0 fully saturated rings. The Bertz CT molecular complexity index is 515. The third-order valence-electron chi connectivity index (χ3n) is 3.02. The van der Waals surface area contributed by atoms with Gasteiger partial charge in [-0.3, -0.25) is 0 Å². The zero-order chi connectivity index (χ0) is 14.6. The van der Waals surface area contributed by atoms with Crippen LogP contribution in [-0.4, -0.2) is 21.6 Å². The maximum absolute atomic E-state index is 12.4. The Morgan fingerprint density at radius 2 is 1.79 bits per heavy atom. The monoisotopic (exact) mass is 285 g/mol. The Morgan fingerprint density at radius 3 is 2.21 bits per heavy atom. The van der Waals surface area contributed by atoms with Crippen LogP contribution in [0, 0.1) is 13.8 Å². The van der Waals surface area contributed by atoms with Crippen LogP contribution in [0.15, 0.2) is 17.0 Å². The van der Waals surface area contributed by atoms with E-state index in [-0.39, 0.29) is 6.04 Å². The zero-order valence-electron chi connectivity index (χ0n) is 12.3. The minimum Gasteiger partial charge on any atom is -0.497 e. The Hall–Kier alpha value is -1.07. The van der Waals surface area contributed by atoms with E-state index in [1.165, 1.54) is 0 Å². The van der Waals surface area contributed by atoms with Crippen molar-refractivity contribution in [3.63, 3.8) is 0 Å². The molecule has 19 heavy (non-hydrogen) atoms. The van der Waals surface area contributed by atoms with Crippen molar-refractivity contribution in [2.24, 2.45) is 0 Å². The van der Waals surface area contributed by atoms with Gasteiger partial charge >= 0.3 is 0 Å². The van der Waals surface area contributed by atoms with Crippen LogP contribution in [0.5, 0.6) is 5.75 Å². The predicted molar refractivity (Wildman–Crippen MR) is 77.2 cm³/mol. The Kier molecular flexibility index (Phi) is 5.38. The molecule has 1 N–H and O–H groups in total. The summed E-state index contributed by atoms with van der Waals surface area (Å²) in [7, 11) is -1.90. The lowest BCUT2D eigenvalue weighted by Gasteiger charge is -2.17. The van der Waals surface area contributed by atoms with E-state index < -0.39 is 10.0 Å². The molecule has 0 aliphatic rings. The summed E-state index contributed by atoms with van der Waals surface area (Å²) < 4.78 is 32.7. The second-order valence-corrected chi connectivity index (χ2v) is 6.55. The molecular weight excluding hydrogens is 262 g/mol. The molecule has 4 nitrogen and oxygen atoms in total. The van der Waals surface area contributed by atoms with Crippen molar-refractivity contribution in [1.82, 2.24) is 4.72 Å². The quantitative estimate of drug-likeness (QED) is 0.874. The van der Waals surface area contributed by atoms with Crippen molar-refractivity contribution >= 4 is 10.0 Å². The Labute approximate surface area is 116 Å². The van der Waals surface area contributed by atoms with Gasteiger partial charge in [-0.05, 0) is 50.5 Å². The lowest BCUT2D eigenvalue weighted by molar-refractivity contribution is 0.413. The molecule has 0 radical (unpaired) electrons. The minimum atomic E-state index is -3.47. The van der Waals surface area contributed by atoms with E-state index in [4.69, 9.17) is 4.74 Å². The molecule has 0 amide bonds. The zero-order valence-corrected chi connectivity index (χ0v) is 13.1. The van der Waals surface area contributed by atoms with E-state index >= 15 is 0 Å². The number of hydrogen-bond donors (Lipinski definition) is 1. The van der Waals surface area contributed by atoms with Crippen molar-refractivity contribution in [2.45, 2.75) is 51.5 Å². The van der Waals surface area contributed by atoms with Crippen LogP contribution in [0.4, 0.5) is 0 Å². The van der Waals surface area contributed by atoms with Gasteiger partial charge in [0.25, 0.3) is 0 Å². The molecule has 108 valence electrons. The van der Waals surface area contributed by atoms with Crippen LogP contribution < -0.4 is 9.46 Å². The first-order chi connectivity index (χ1) is 8.81. The SMILES string of the molecule is CCCC(C)NS(=O)(=O)c1c(C)cc(OC)cc1C. The van der Waals surface area contributed by atoms with Gasteiger partial charge in [-0.1, -0.05) is 13.3 Å². The fourth-order valence-corrected chi connectivity index (χ4v) is 4.00. The number of aryl methyl sites for hydroxylation is 2. The van der Waals surface area contributed by atoms with Crippen molar-refractivity contribution in [3.05, 3.63) is 23.3 Å². The molecule has 0 saturated carbocycles. The van der Waals surface area contributed by atoms with Crippen LogP contribution in [0.2, 0.25) is 0 Å². The molecule has 5 heteroatoms. The maximum atomic E-state index is 12.4. The molecule has 1 aromatic carbocycles. The van der Waals surface area contributed by atoms with Crippen LogP contribution in [0.1, 0.15) is 37.8 Å². The molecule has 1 rings (SSSR count). The molecule has 0 saturated heterocycles. The first-order valence-corrected chi connectivity index (χ1v) is 7.97. The fourth-order valence-electron chi connectivity index (χ4n) is 2.27. The number of sulfonamides is 1. The highest BCUT2D eigenvalue weighted by Gasteiger charge is 2.22. The maximum Gasteiger partial charge on any atom is 0.241 e. The van der Waals surface area contributed by atoms with E-state index in [1.54, 1.807) is 33.1 Å². The van der Waals surface area contributed by atoms with Crippen molar-refractivity contribution in [3.8, 4) is 5.75 Å². The van der Waals surface area contributed by atoms with Crippen LogP contribution in [0.3, 0.4) is 0 Å². The number of ether oxygens (including phenoxy) is 1. The van der Waals surface area contributed by atoms with Crippen LogP contribution >= 0.6 is 0 Å². The molecule has 0 heterocycles. The molecule has 0 bridgehead atoms. The molecule has 1 atom stereocenters. The average molecular weight is 285 g/mol. The van der Waals surface area contributed by atoms with E-state index in [1.807, 2.05) is 13.8 Å². The van der Waals surface area contributed by atoms with E-state index in [0.29, 0.717) is 21.8 Å². The normalized spacial score (nSPS) is 13.3. The molecular formula is C14H23NO3S. The molecule has 1 aromatic rings. The summed E-state index contributed by atoms with van der Waals surface area (Å²) in [5, 5.41) is 0. The average Bonchev–Trinajstić information content (AvgIpc) is 2.26. The van der Waals surface area contributed by atoms with Gasteiger partial charge in [0.2, 0.25) is 10.0 Å². The van der Waals surface area contributed by atoms with E-state index in [9.17, 15) is 8.42 Å². The first kappa shape index (κ1) is 16.0. The number of nitrogens with one attached hydrogen (secondary N) is 1. The topological polar surface area (TPSA) is 55.4 Å². The summed E-state index contributed by atoms with van der Waals surface area (Å²) in [4.78, 5) is 0.358. The summed E-state index contributed by atoms with van der Waals surface area (Å²) in [5.74, 6) is 0.676. The van der Waals surface area contributed by atoms with E-state index in [0.717, 1.165) is 12.8 Å². The van der Waals surface area contributed by atoms with Gasteiger partial charge < -0.3 is 4.74 Å². The van der Waals surface area contributed by atoms with Crippen LogP contribution in [-0.2, 0) is 10.0 Å². The van der Waals surface area contributed by atoms with Gasteiger partial charge in [0, 0.05) is 6.04 Å². The molecule has 0 aliphatic carbocycles. The molecule has 0 spiro atoms. The van der Waals surface area contributed by atoms with E-state index in [2.05, 4.69) is 4.72 Å². The van der Waals surface area contributed by atoms with Gasteiger partial charge in [-0.25, -0.2) is 13.1 Å². The standard InChI is InChI=1S/C14H23NO3S/c1-6-7-12(4)15-19(16,17)14-10(2)8-13(18-5)9-11(14)3/h8-9,12,15H,6-7H2,1-5H3. The summed E-state index contributed by atoms with van der Waals surface area (Å²) in [6.45, 7) is 7.49. The highest BCUT2D eigenvalue weighted by atomic mass is 32.2. The van der Waals surface area contributed by atoms with Crippen molar-refractivity contribution in [1.29, 1.82) is 0 Å². The summed E-state index contributed by atoms with van der Waals surface area (Å²) in [5.41, 5.74) is 1.40. The second-order valence-electron chi connectivity index (χ2n) is 4.90. The highest BCUT2D eigenvalue weighted by molar-refractivity contribution is 7.89. The summed E-state index contributed by atoms with van der Waals surface area (Å²) in [6.07, 6.45) is 1.78. The van der Waals surface area contributed by atoms with Gasteiger partial charge in [-0.2, -0.15) is 0 Å². The van der Waals surface area contributed by atoms with Gasteiger partial charge in [-0.15, -0.1) is 0 Å². The largest absolute Gasteiger partial charge is 0.497 e. The third kappa shape index (κ3) is 3.94. The van der Waals surface area contributed by atoms with Crippen molar-refractivity contribution in [2.75, 3.05) is 7.11 Å². The number of benzene rings is 1. The fraction of sp³-hybridized carbons (Fsp3) is 0.571. The Balaban J connectivity index is 3.15. The third-order valence-corrected chi connectivity index (χ3v) is 4.91.